The highest BCUT2D eigenvalue weighted by molar-refractivity contribution is 7.45. The Morgan fingerprint density at radius 1 is 0.610 bits per heavy atom. The van der Waals surface area contributed by atoms with Crippen LogP contribution in [0.5, 0.6) is 0 Å². The first-order valence-electron chi connectivity index (χ1n) is 23.8. The first kappa shape index (κ1) is 56.9. The molecule has 0 saturated heterocycles. The van der Waals surface area contributed by atoms with Crippen LogP contribution in [0.3, 0.4) is 0 Å². The number of nitrogens with zero attached hydrogens (tertiary/aromatic N) is 1. The van der Waals surface area contributed by atoms with Crippen LogP contribution >= 0.6 is 7.82 Å². The van der Waals surface area contributed by atoms with Crippen molar-refractivity contribution in [1.82, 2.24) is 5.32 Å². The van der Waals surface area contributed by atoms with Crippen LogP contribution in [-0.2, 0) is 18.4 Å². The number of carbonyl (C=O) groups is 1. The van der Waals surface area contributed by atoms with Gasteiger partial charge < -0.3 is 28.8 Å². The fourth-order valence-electron chi connectivity index (χ4n) is 6.41. The number of allylic oxidation sites excluding steroid dienone is 11. The van der Waals surface area contributed by atoms with Gasteiger partial charge >= 0.3 is 0 Å². The summed E-state index contributed by atoms with van der Waals surface area (Å²) in [7, 11) is 1.25. The molecule has 8 nitrogen and oxygen atoms in total. The Balaban J connectivity index is 4.19. The van der Waals surface area contributed by atoms with E-state index in [-0.39, 0.29) is 19.1 Å². The maximum Gasteiger partial charge on any atom is 0.268 e. The first-order valence-corrected chi connectivity index (χ1v) is 25.3. The molecule has 0 heterocycles. The molecule has 59 heavy (non-hydrogen) atoms. The maximum atomic E-state index is 12.9. The molecule has 9 heteroatoms. The van der Waals surface area contributed by atoms with Crippen LogP contribution < -0.4 is 10.2 Å². The normalized spacial score (nSPS) is 14.9. The second-order valence-electron chi connectivity index (χ2n) is 17.1. The van der Waals surface area contributed by atoms with Gasteiger partial charge in [0.25, 0.3) is 7.82 Å². The van der Waals surface area contributed by atoms with E-state index in [9.17, 15) is 19.4 Å². The monoisotopic (exact) mass is 847 g/mol. The molecular formula is C50H91N2O6P. The quantitative estimate of drug-likeness (QED) is 0.0274. The largest absolute Gasteiger partial charge is 0.756 e. The van der Waals surface area contributed by atoms with Crippen molar-refractivity contribution in [3.8, 4) is 0 Å². The molecule has 0 aliphatic heterocycles. The number of amides is 1. The van der Waals surface area contributed by atoms with E-state index in [2.05, 4.69) is 79.9 Å². The van der Waals surface area contributed by atoms with Crippen molar-refractivity contribution in [1.29, 1.82) is 0 Å². The third-order valence-corrected chi connectivity index (χ3v) is 11.1. The fraction of sp³-hybridized carbons (Fsp3) is 0.740. The highest BCUT2D eigenvalue weighted by atomic mass is 31.2. The minimum atomic E-state index is -4.59. The summed E-state index contributed by atoms with van der Waals surface area (Å²) in [5, 5.41) is 13.7. The summed E-state index contributed by atoms with van der Waals surface area (Å²) in [5.41, 5.74) is 0. The molecule has 0 aromatic heterocycles. The van der Waals surface area contributed by atoms with Gasteiger partial charge in [-0.15, -0.1) is 0 Å². The lowest BCUT2D eigenvalue weighted by Gasteiger charge is -2.29. The number of likely N-dealkylation sites (N-methyl/N-ethyl adjacent to an activating group) is 1. The zero-order valence-corrected chi connectivity index (χ0v) is 39.6. The number of rotatable bonds is 42. The Labute approximate surface area is 364 Å². The topological polar surface area (TPSA) is 108 Å². The predicted octanol–water partition coefficient (Wildman–Crippen LogP) is 12.9. The highest BCUT2D eigenvalue weighted by Gasteiger charge is 2.23. The van der Waals surface area contributed by atoms with Crippen molar-refractivity contribution < 1.29 is 32.9 Å². The second kappa shape index (κ2) is 41.3. The van der Waals surface area contributed by atoms with Crippen molar-refractivity contribution in [3.63, 3.8) is 0 Å². The van der Waals surface area contributed by atoms with Gasteiger partial charge in [0.1, 0.15) is 13.2 Å². The number of hydrogen-bond donors (Lipinski definition) is 2. The number of nitrogens with one attached hydrogen (secondary N) is 1. The molecular weight excluding hydrogens is 756 g/mol. The van der Waals surface area contributed by atoms with Crippen LogP contribution in [0.1, 0.15) is 187 Å². The number of aliphatic hydroxyl groups excluding tert-OH is 1. The number of phosphoric ester groups is 1. The van der Waals surface area contributed by atoms with Gasteiger partial charge in [0.2, 0.25) is 5.91 Å². The van der Waals surface area contributed by atoms with Crippen LogP contribution in [0.4, 0.5) is 0 Å². The van der Waals surface area contributed by atoms with Crippen LogP contribution in [-0.4, -0.2) is 68.5 Å². The smallest absolute Gasteiger partial charge is 0.268 e. The van der Waals surface area contributed by atoms with Gasteiger partial charge in [-0.3, -0.25) is 9.36 Å². The lowest BCUT2D eigenvalue weighted by atomic mass is 10.0. The van der Waals surface area contributed by atoms with Gasteiger partial charge in [0, 0.05) is 6.42 Å². The average molecular weight is 847 g/mol. The van der Waals surface area contributed by atoms with E-state index < -0.39 is 20.0 Å². The number of unbranched alkanes of at least 4 members (excludes halogenated alkanes) is 19. The Morgan fingerprint density at radius 2 is 1.03 bits per heavy atom. The summed E-state index contributed by atoms with van der Waals surface area (Å²) < 4.78 is 23.2. The molecule has 3 atom stereocenters. The standard InChI is InChI=1S/C50H91N2O6P/c1-6-8-10-12-14-16-18-19-20-21-22-23-24-25-26-27-28-29-30-31-32-33-34-36-38-40-42-44-50(54)51-48(47-58-59(55,56)57-46-45-52(3,4)5)49(53)43-41-39-37-35-17-15-13-11-9-7-2/h8,10,14,16,19-20,22-23,25-26,41,43,48-49,53H,6-7,9,11-13,15,17-18,21,24,27-40,42,44-47H2,1-5H3,(H-,51,54,55,56)/b10-8-,16-14-,20-19-,23-22-,26-25-,43-41+. The molecule has 0 aromatic carbocycles. The van der Waals surface area contributed by atoms with Crippen molar-refractivity contribution in [2.75, 3.05) is 40.9 Å². The van der Waals surface area contributed by atoms with Gasteiger partial charge in [0.05, 0.1) is 39.9 Å². The molecule has 2 N–H and O–H groups in total. The van der Waals surface area contributed by atoms with Crippen molar-refractivity contribution in [3.05, 3.63) is 72.9 Å². The molecule has 0 radical (unpaired) electrons. The summed E-state index contributed by atoms with van der Waals surface area (Å²) in [5.74, 6) is -0.206. The van der Waals surface area contributed by atoms with Crippen molar-refractivity contribution in [2.24, 2.45) is 0 Å². The molecule has 0 spiro atoms. The van der Waals surface area contributed by atoms with E-state index in [0.29, 0.717) is 17.4 Å². The summed E-state index contributed by atoms with van der Waals surface area (Å²) in [4.78, 5) is 25.3. The van der Waals surface area contributed by atoms with Gasteiger partial charge in [-0.25, -0.2) is 0 Å². The van der Waals surface area contributed by atoms with E-state index >= 15 is 0 Å². The SMILES string of the molecule is CC/C=C\C/C=C\C/C=C\C/C=C\C/C=C\CCCCCCCCCCCCCC(=O)NC(COP(=O)([O-])OCC[N+](C)(C)C)C(O)/C=C/CCCCCCCCCC. The molecule has 0 aromatic rings. The van der Waals surface area contributed by atoms with Crippen molar-refractivity contribution in [2.45, 2.75) is 199 Å². The third kappa shape index (κ3) is 43.8. The van der Waals surface area contributed by atoms with E-state index in [1.807, 2.05) is 27.2 Å². The van der Waals surface area contributed by atoms with E-state index in [1.165, 1.54) is 96.3 Å². The Kier molecular flexibility index (Phi) is 39.9. The van der Waals surface area contributed by atoms with Crippen LogP contribution in [0, 0.1) is 0 Å². The zero-order chi connectivity index (χ0) is 43.6. The van der Waals surface area contributed by atoms with Crippen LogP contribution in [0.2, 0.25) is 0 Å². The summed E-state index contributed by atoms with van der Waals surface area (Å²) in [6.45, 7) is 4.49. The first-order chi connectivity index (χ1) is 28.5. The minimum absolute atomic E-state index is 0.00462. The van der Waals surface area contributed by atoms with Gasteiger partial charge in [0.15, 0.2) is 0 Å². The van der Waals surface area contributed by atoms with Gasteiger partial charge in [-0.05, 0) is 64.2 Å². The van der Waals surface area contributed by atoms with Gasteiger partial charge in [-0.2, -0.15) is 0 Å². The molecule has 3 unspecified atom stereocenters. The molecule has 0 bridgehead atoms. The Bertz CT molecular complexity index is 1190. The predicted molar refractivity (Wildman–Crippen MR) is 251 cm³/mol. The maximum absolute atomic E-state index is 12.9. The molecule has 342 valence electrons. The average Bonchev–Trinajstić information content (AvgIpc) is 3.19. The Morgan fingerprint density at radius 3 is 1.51 bits per heavy atom. The van der Waals surface area contributed by atoms with E-state index in [4.69, 9.17) is 9.05 Å². The zero-order valence-electron chi connectivity index (χ0n) is 38.7. The lowest BCUT2D eigenvalue weighted by molar-refractivity contribution is -0.870. The van der Waals surface area contributed by atoms with Gasteiger partial charge in [-0.1, -0.05) is 189 Å². The van der Waals surface area contributed by atoms with E-state index in [1.54, 1.807) is 6.08 Å². The fourth-order valence-corrected chi connectivity index (χ4v) is 7.14. The van der Waals surface area contributed by atoms with Crippen LogP contribution in [0.25, 0.3) is 0 Å². The third-order valence-electron chi connectivity index (χ3n) is 10.2. The number of carbonyl (C=O) groups excluding carboxylic acids is 1. The molecule has 1 amide bonds. The number of aliphatic hydroxyl groups is 1. The van der Waals surface area contributed by atoms with E-state index in [0.717, 1.165) is 70.6 Å². The minimum Gasteiger partial charge on any atom is -0.756 e. The number of quaternary nitrogens is 1. The molecule has 0 rings (SSSR count). The molecule has 0 fully saturated rings. The summed E-state index contributed by atoms with van der Waals surface area (Å²) >= 11 is 0. The molecule has 0 aliphatic carbocycles. The number of hydrogen-bond acceptors (Lipinski definition) is 6. The molecule has 0 saturated carbocycles. The Hall–Kier alpha value is -2.06. The lowest BCUT2D eigenvalue weighted by Crippen LogP contribution is -2.45. The van der Waals surface area contributed by atoms with Crippen LogP contribution in [0.15, 0.2) is 72.9 Å². The summed E-state index contributed by atoms with van der Waals surface area (Å²) in [6.07, 6.45) is 55.3. The number of phosphoric acid groups is 1. The second-order valence-corrected chi connectivity index (χ2v) is 18.5. The summed E-state index contributed by atoms with van der Waals surface area (Å²) in [6, 6.07) is -0.889. The van der Waals surface area contributed by atoms with Crippen molar-refractivity contribution >= 4 is 13.7 Å². The molecule has 0 aliphatic rings. The highest BCUT2D eigenvalue weighted by Crippen LogP contribution is 2.38.